The van der Waals surface area contributed by atoms with Crippen LogP contribution in [-0.2, 0) is 4.79 Å². The molecule has 0 fully saturated rings. The quantitative estimate of drug-likeness (QED) is 0.833. The Hall–Kier alpha value is -0.420. The number of hydrogen-bond acceptors (Lipinski definition) is 3. The molecule has 0 radical (unpaired) electrons. The highest BCUT2D eigenvalue weighted by Gasteiger charge is 2.30. The summed E-state index contributed by atoms with van der Waals surface area (Å²) in [5.41, 5.74) is -1.78. The molecule has 1 rings (SSSR count). The van der Waals surface area contributed by atoms with E-state index in [-0.39, 0.29) is 5.75 Å². The number of benzene rings is 1. The van der Waals surface area contributed by atoms with Gasteiger partial charge in [0.25, 0.3) is 0 Å². The van der Waals surface area contributed by atoms with Crippen LogP contribution in [0.2, 0.25) is 10.0 Å². The van der Waals surface area contributed by atoms with Crippen LogP contribution in [0.1, 0.15) is 6.92 Å². The molecule has 0 spiro atoms. The molecule has 0 saturated carbocycles. The van der Waals surface area contributed by atoms with Crippen LogP contribution in [0.5, 0.6) is 0 Å². The van der Waals surface area contributed by atoms with Crippen LogP contribution in [-0.4, -0.2) is 27.5 Å². The van der Waals surface area contributed by atoms with Gasteiger partial charge < -0.3 is 10.2 Å². The fourth-order valence-corrected chi connectivity index (χ4v) is 2.36. The maximum Gasteiger partial charge on any atom is 0.336 e. The highest BCUT2D eigenvalue weighted by Crippen LogP contribution is 2.31. The summed E-state index contributed by atoms with van der Waals surface area (Å²) in [6, 6.07) is 4.90. The van der Waals surface area contributed by atoms with E-state index in [1.54, 1.807) is 18.2 Å². The lowest BCUT2D eigenvalue weighted by Gasteiger charge is -2.17. The molecule has 0 heterocycles. The highest BCUT2D eigenvalue weighted by atomic mass is 35.5. The lowest BCUT2D eigenvalue weighted by Crippen LogP contribution is -2.37. The third kappa shape index (κ3) is 3.56. The molecule has 1 unspecified atom stereocenters. The number of aliphatic hydroxyl groups is 1. The van der Waals surface area contributed by atoms with Crippen molar-refractivity contribution in [1.82, 2.24) is 0 Å². The molecule has 0 saturated heterocycles. The number of aliphatic carboxylic acids is 1. The van der Waals surface area contributed by atoms with Gasteiger partial charge in [0.05, 0.1) is 5.02 Å². The third-order valence-electron chi connectivity index (χ3n) is 1.86. The van der Waals surface area contributed by atoms with E-state index in [4.69, 9.17) is 28.3 Å². The molecule has 3 nitrogen and oxygen atoms in total. The second-order valence-electron chi connectivity index (χ2n) is 3.44. The van der Waals surface area contributed by atoms with Crippen molar-refractivity contribution >= 4 is 40.9 Å². The first-order valence-electron chi connectivity index (χ1n) is 4.36. The first-order valence-corrected chi connectivity index (χ1v) is 6.11. The van der Waals surface area contributed by atoms with E-state index >= 15 is 0 Å². The molecular weight excluding hydrogens is 271 g/mol. The fourth-order valence-electron chi connectivity index (χ4n) is 0.868. The van der Waals surface area contributed by atoms with Crippen molar-refractivity contribution in [1.29, 1.82) is 0 Å². The van der Waals surface area contributed by atoms with Gasteiger partial charge in [-0.1, -0.05) is 23.2 Å². The third-order valence-corrected chi connectivity index (χ3v) is 3.89. The number of thioether (sulfide) groups is 1. The maximum atomic E-state index is 10.7. The monoisotopic (exact) mass is 280 g/mol. The average molecular weight is 281 g/mol. The van der Waals surface area contributed by atoms with Gasteiger partial charge >= 0.3 is 5.97 Å². The maximum absolute atomic E-state index is 10.7. The molecule has 0 aliphatic rings. The molecule has 6 heteroatoms. The van der Waals surface area contributed by atoms with Gasteiger partial charge in [-0.15, -0.1) is 11.8 Å². The van der Waals surface area contributed by atoms with Crippen molar-refractivity contribution in [2.24, 2.45) is 0 Å². The van der Waals surface area contributed by atoms with Crippen molar-refractivity contribution in [3.05, 3.63) is 28.2 Å². The van der Waals surface area contributed by atoms with Gasteiger partial charge in [0.15, 0.2) is 5.60 Å². The molecule has 0 aliphatic heterocycles. The van der Waals surface area contributed by atoms with E-state index in [9.17, 15) is 9.90 Å². The summed E-state index contributed by atoms with van der Waals surface area (Å²) in [5.74, 6) is -1.26. The number of halogens is 2. The van der Waals surface area contributed by atoms with Gasteiger partial charge in [0, 0.05) is 15.7 Å². The van der Waals surface area contributed by atoms with E-state index in [0.717, 1.165) is 11.8 Å². The molecule has 0 aliphatic carbocycles. The van der Waals surface area contributed by atoms with Crippen LogP contribution >= 0.6 is 35.0 Å². The van der Waals surface area contributed by atoms with Crippen LogP contribution < -0.4 is 0 Å². The second kappa shape index (κ2) is 5.27. The minimum Gasteiger partial charge on any atom is -0.479 e. The van der Waals surface area contributed by atoms with Crippen LogP contribution in [0.4, 0.5) is 0 Å². The Morgan fingerprint density at radius 2 is 2.12 bits per heavy atom. The predicted molar refractivity (Wildman–Crippen MR) is 65.4 cm³/mol. The fraction of sp³-hybridized carbons (Fsp3) is 0.300. The molecule has 16 heavy (non-hydrogen) atoms. The first kappa shape index (κ1) is 13.6. The Labute approximate surface area is 107 Å². The van der Waals surface area contributed by atoms with Crippen molar-refractivity contribution in [3.8, 4) is 0 Å². The van der Waals surface area contributed by atoms with Gasteiger partial charge in [-0.3, -0.25) is 0 Å². The van der Waals surface area contributed by atoms with Crippen LogP contribution in [0.25, 0.3) is 0 Å². The largest absolute Gasteiger partial charge is 0.479 e. The van der Waals surface area contributed by atoms with Gasteiger partial charge in [-0.2, -0.15) is 0 Å². The van der Waals surface area contributed by atoms with Gasteiger partial charge in [-0.25, -0.2) is 4.79 Å². The Kier molecular flexibility index (Phi) is 4.50. The predicted octanol–water partition coefficient (Wildman–Crippen LogP) is 2.92. The summed E-state index contributed by atoms with van der Waals surface area (Å²) in [7, 11) is 0. The van der Waals surface area contributed by atoms with E-state index in [2.05, 4.69) is 0 Å². The van der Waals surface area contributed by atoms with Crippen LogP contribution in [0.15, 0.2) is 23.1 Å². The van der Waals surface area contributed by atoms with Gasteiger partial charge in [0.2, 0.25) is 0 Å². The van der Waals surface area contributed by atoms with Gasteiger partial charge in [-0.05, 0) is 25.1 Å². The number of carboxylic acids is 1. The van der Waals surface area contributed by atoms with Crippen molar-refractivity contribution in [2.75, 3.05) is 5.75 Å². The zero-order valence-electron chi connectivity index (χ0n) is 8.41. The summed E-state index contributed by atoms with van der Waals surface area (Å²) in [5, 5.41) is 19.2. The zero-order valence-corrected chi connectivity index (χ0v) is 10.7. The van der Waals surface area contributed by atoms with Crippen molar-refractivity contribution in [3.63, 3.8) is 0 Å². The number of rotatable bonds is 4. The first-order chi connectivity index (χ1) is 7.33. The second-order valence-corrected chi connectivity index (χ2v) is 5.30. The smallest absolute Gasteiger partial charge is 0.336 e. The zero-order chi connectivity index (χ0) is 12.3. The summed E-state index contributed by atoms with van der Waals surface area (Å²) in [6.45, 7) is 1.24. The van der Waals surface area contributed by atoms with E-state index in [1.807, 2.05) is 0 Å². The van der Waals surface area contributed by atoms with E-state index in [0.29, 0.717) is 14.9 Å². The Bertz CT molecular complexity index is 407. The summed E-state index contributed by atoms with van der Waals surface area (Å²) >= 11 is 12.8. The highest BCUT2D eigenvalue weighted by molar-refractivity contribution is 7.99. The summed E-state index contributed by atoms with van der Waals surface area (Å²) in [4.78, 5) is 11.3. The lowest BCUT2D eigenvalue weighted by molar-refractivity contribution is -0.154. The normalized spacial score (nSPS) is 14.5. The topological polar surface area (TPSA) is 57.5 Å². The molecule has 0 aromatic heterocycles. The molecular formula is C10H10Cl2O3S. The summed E-state index contributed by atoms with van der Waals surface area (Å²) < 4.78 is 0. The van der Waals surface area contributed by atoms with E-state index < -0.39 is 11.6 Å². The lowest BCUT2D eigenvalue weighted by atomic mass is 10.1. The SMILES string of the molecule is CC(O)(CSc1cc(Cl)ccc1Cl)C(=O)O. The standard InChI is InChI=1S/C10H10Cl2O3S/c1-10(15,9(13)14)5-16-8-4-6(11)2-3-7(8)12/h2-4,15H,5H2,1H3,(H,13,14). The molecule has 1 atom stereocenters. The Balaban J connectivity index is 2.75. The van der Waals surface area contributed by atoms with Crippen molar-refractivity contribution < 1.29 is 15.0 Å². The molecule has 1 aromatic rings. The minimum absolute atomic E-state index is 0.00238. The number of carboxylic acid groups (broad SMARTS) is 1. The van der Waals surface area contributed by atoms with Crippen molar-refractivity contribution in [2.45, 2.75) is 17.4 Å². The van der Waals surface area contributed by atoms with Crippen LogP contribution in [0, 0.1) is 0 Å². The number of hydrogen-bond donors (Lipinski definition) is 2. The molecule has 1 aromatic carbocycles. The van der Waals surface area contributed by atoms with Gasteiger partial charge in [0.1, 0.15) is 0 Å². The molecule has 0 amide bonds. The van der Waals surface area contributed by atoms with Crippen LogP contribution in [0.3, 0.4) is 0 Å². The summed E-state index contributed by atoms with van der Waals surface area (Å²) in [6.07, 6.45) is 0. The van der Waals surface area contributed by atoms with E-state index in [1.165, 1.54) is 6.92 Å². The number of carbonyl (C=O) groups is 1. The Morgan fingerprint density at radius 1 is 1.50 bits per heavy atom. The minimum atomic E-state index is -1.78. The Morgan fingerprint density at radius 3 is 2.69 bits per heavy atom. The average Bonchev–Trinajstić information content (AvgIpc) is 2.19. The molecule has 0 bridgehead atoms. The molecule has 88 valence electrons. The molecule has 2 N–H and O–H groups in total.